The van der Waals surface area contributed by atoms with Crippen LogP contribution < -0.4 is 0 Å². The van der Waals surface area contributed by atoms with E-state index in [4.69, 9.17) is 4.74 Å². The van der Waals surface area contributed by atoms with E-state index in [2.05, 4.69) is 6.58 Å². The Morgan fingerprint density at radius 3 is 2.74 bits per heavy atom. The molecule has 0 bridgehead atoms. The minimum absolute atomic E-state index is 0.0757. The average Bonchev–Trinajstić information content (AvgIpc) is 2.72. The zero-order valence-corrected chi connectivity index (χ0v) is 15.8. The molecule has 0 N–H and O–H groups in total. The minimum atomic E-state index is -0.269. The molecule has 2 fully saturated rings. The van der Waals surface area contributed by atoms with Crippen LogP contribution in [0.1, 0.15) is 37.4 Å². The molecule has 1 aromatic carbocycles. The summed E-state index contributed by atoms with van der Waals surface area (Å²) in [5.41, 5.74) is 0.933. The number of ether oxygens (including phenoxy) is 1. The number of hydrogen-bond acceptors (Lipinski definition) is 3. The fourth-order valence-electron chi connectivity index (χ4n) is 4.02. The maximum Gasteiger partial charge on any atom is 0.245 e. The molecule has 3 unspecified atom stereocenters. The van der Waals surface area contributed by atoms with Crippen molar-refractivity contribution in [1.82, 2.24) is 9.80 Å². The number of nitrogens with zero attached hydrogens (tertiary/aromatic N) is 2. The molecule has 0 aromatic heterocycles. The van der Waals surface area contributed by atoms with Crippen LogP contribution in [-0.4, -0.2) is 54.4 Å². The predicted octanol–water partition coefficient (Wildman–Crippen LogP) is 2.93. The highest BCUT2D eigenvalue weighted by molar-refractivity contribution is 5.88. The molecule has 0 saturated carbocycles. The van der Waals surface area contributed by atoms with Gasteiger partial charge in [0.1, 0.15) is 5.82 Å². The second-order valence-electron chi connectivity index (χ2n) is 7.37. The number of rotatable bonds is 4. The SMILES string of the molecule is C=CC(=O)N1CCCC(C(=O)N(C)C2CCOC(c3ccc(F)cc3)C2)C1. The zero-order valence-electron chi connectivity index (χ0n) is 15.8. The Hall–Kier alpha value is -2.21. The largest absolute Gasteiger partial charge is 0.373 e. The Bertz CT molecular complexity index is 691. The summed E-state index contributed by atoms with van der Waals surface area (Å²) in [7, 11) is 1.84. The first-order valence-corrected chi connectivity index (χ1v) is 9.54. The van der Waals surface area contributed by atoms with Gasteiger partial charge >= 0.3 is 0 Å². The van der Waals surface area contributed by atoms with Crippen molar-refractivity contribution in [3.8, 4) is 0 Å². The van der Waals surface area contributed by atoms with Crippen LogP contribution in [0.25, 0.3) is 0 Å². The van der Waals surface area contributed by atoms with Crippen molar-refractivity contribution in [2.24, 2.45) is 5.92 Å². The van der Waals surface area contributed by atoms with Gasteiger partial charge in [-0.2, -0.15) is 0 Å². The molecule has 2 saturated heterocycles. The summed E-state index contributed by atoms with van der Waals surface area (Å²) in [5.74, 6) is -0.465. The first-order valence-electron chi connectivity index (χ1n) is 9.54. The Morgan fingerprint density at radius 2 is 2.04 bits per heavy atom. The summed E-state index contributed by atoms with van der Waals surface area (Å²) in [6.45, 7) is 5.24. The van der Waals surface area contributed by atoms with Gasteiger partial charge in [0, 0.05) is 32.8 Å². The van der Waals surface area contributed by atoms with Gasteiger partial charge in [-0.05, 0) is 49.5 Å². The first kappa shape index (κ1) is 19.5. The molecule has 0 aliphatic carbocycles. The van der Waals surface area contributed by atoms with Crippen molar-refractivity contribution in [2.45, 2.75) is 37.8 Å². The molecule has 1 aromatic rings. The van der Waals surface area contributed by atoms with Crippen LogP contribution in [0.15, 0.2) is 36.9 Å². The fourth-order valence-corrected chi connectivity index (χ4v) is 4.02. The van der Waals surface area contributed by atoms with Gasteiger partial charge < -0.3 is 14.5 Å². The van der Waals surface area contributed by atoms with Gasteiger partial charge in [-0.15, -0.1) is 0 Å². The van der Waals surface area contributed by atoms with Crippen LogP contribution in [0, 0.1) is 11.7 Å². The summed E-state index contributed by atoms with van der Waals surface area (Å²) < 4.78 is 19.0. The van der Waals surface area contributed by atoms with Crippen LogP contribution in [-0.2, 0) is 14.3 Å². The highest BCUT2D eigenvalue weighted by Gasteiger charge is 2.34. The highest BCUT2D eigenvalue weighted by Crippen LogP contribution is 2.31. The summed E-state index contributed by atoms with van der Waals surface area (Å²) in [6, 6.07) is 6.43. The van der Waals surface area contributed by atoms with Crippen molar-refractivity contribution in [3.63, 3.8) is 0 Å². The number of amides is 2. The van der Waals surface area contributed by atoms with Crippen LogP contribution in [0.4, 0.5) is 4.39 Å². The monoisotopic (exact) mass is 374 g/mol. The van der Waals surface area contributed by atoms with E-state index in [1.54, 1.807) is 17.0 Å². The van der Waals surface area contributed by atoms with Crippen molar-refractivity contribution < 1.29 is 18.7 Å². The molecule has 6 heteroatoms. The number of piperidine rings is 1. The summed E-state index contributed by atoms with van der Waals surface area (Å²) >= 11 is 0. The van der Waals surface area contributed by atoms with Crippen LogP contribution in [0.3, 0.4) is 0 Å². The van der Waals surface area contributed by atoms with Gasteiger partial charge in [0.05, 0.1) is 12.0 Å². The first-order chi connectivity index (χ1) is 13.0. The molecular weight excluding hydrogens is 347 g/mol. The topological polar surface area (TPSA) is 49.9 Å². The van der Waals surface area contributed by atoms with Crippen molar-refractivity contribution in [3.05, 3.63) is 48.3 Å². The molecule has 0 spiro atoms. The van der Waals surface area contributed by atoms with E-state index >= 15 is 0 Å². The quantitative estimate of drug-likeness (QED) is 0.762. The molecule has 2 heterocycles. The standard InChI is InChI=1S/C21H27FN2O3/c1-3-20(25)24-11-4-5-16(14-24)21(26)23(2)18-10-12-27-19(13-18)15-6-8-17(22)9-7-15/h3,6-9,16,18-19H,1,4-5,10-14H2,2H3. The summed E-state index contributed by atoms with van der Waals surface area (Å²) in [5, 5.41) is 0. The Morgan fingerprint density at radius 1 is 1.30 bits per heavy atom. The van der Waals surface area contributed by atoms with Crippen LogP contribution in [0.5, 0.6) is 0 Å². The lowest BCUT2D eigenvalue weighted by Gasteiger charge is -2.39. The second-order valence-corrected chi connectivity index (χ2v) is 7.37. The molecule has 3 atom stereocenters. The lowest BCUT2D eigenvalue weighted by Crippen LogP contribution is -2.49. The number of hydrogen-bond donors (Lipinski definition) is 0. The maximum atomic E-state index is 13.2. The Labute approximate surface area is 159 Å². The predicted molar refractivity (Wildman–Crippen MR) is 100 cm³/mol. The van der Waals surface area contributed by atoms with E-state index in [-0.39, 0.29) is 35.7 Å². The summed E-state index contributed by atoms with van der Waals surface area (Å²) in [6.07, 6.45) is 4.27. The Balaban J connectivity index is 1.63. The van der Waals surface area contributed by atoms with Gasteiger partial charge in [0.15, 0.2) is 0 Å². The molecule has 146 valence electrons. The van der Waals surface area contributed by atoms with Gasteiger partial charge in [-0.25, -0.2) is 4.39 Å². The molecular formula is C21H27FN2O3. The van der Waals surface area contributed by atoms with E-state index in [1.165, 1.54) is 18.2 Å². The molecule has 3 rings (SSSR count). The normalized spacial score (nSPS) is 25.7. The minimum Gasteiger partial charge on any atom is -0.373 e. The number of likely N-dealkylation sites (tertiary alicyclic amines) is 1. The maximum absolute atomic E-state index is 13.2. The molecule has 27 heavy (non-hydrogen) atoms. The molecule has 2 aliphatic rings. The molecule has 2 amide bonds. The van der Waals surface area contributed by atoms with Gasteiger partial charge in [0.2, 0.25) is 11.8 Å². The van der Waals surface area contributed by atoms with Crippen molar-refractivity contribution in [2.75, 3.05) is 26.7 Å². The van der Waals surface area contributed by atoms with Crippen LogP contribution in [0.2, 0.25) is 0 Å². The molecule has 5 nitrogen and oxygen atoms in total. The number of carbonyl (C=O) groups is 2. The van der Waals surface area contributed by atoms with Gasteiger partial charge in [0.25, 0.3) is 0 Å². The highest BCUT2D eigenvalue weighted by atomic mass is 19.1. The van der Waals surface area contributed by atoms with Crippen molar-refractivity contribution in [1.29, 1.82) is 0 Å². The Kier molecular flexibility index (Phi) is 6.26. The number of halogens is 1. The third-order valence-corrected chi connectivity index (χ3v) is 5.65. The van der Waals surface area contributed by atoms with Crippen molar-refractivity contribution >= 4 is 11.8 Å². The van der Waals surface area contributed by atoms with Crippen LogP contribution >= 0.6 is 0 Å². The summed E-state index contributed by atoms with van der Waals surface area (Å²) in [4.78, 5) is 28.4. The third-order valence-electron chi connectivity index (χ3n) is 5.65. The number of carbonyl (C=O) groups excluding carboxylic acids is 2. The van der Waals surface area contributed by atoms with Gasteiger partial charge in [-0.3, -0.25) is 9.59 Å². The van der Waals surface area contributed by atoms with E-state index in [0.717, 1.165) is 24.8 Å². The fraction of sp³-hybridized carbons (Fsp3) is 0.524. The third kappa shape index (κ3) is 4.56. The average molecular weight is 374 g/mol. The van der Waals surface area contributed by atoms with E-state index in [9.17, 15) is 14.0 Å². The smallest absolute Gasteiger partial charge is 0.245 e. The molecule has 2 aliphatic heterocycles. The second kappa shape index (κ2) is 8.65. The lowest BCUT2D eigenvalue weighted by atomic mass is 9.93. The zero-order chi connectivity index (χ0) is 19.4. The van der Waals surface area contributed by atoms with E-state index in [0.29, 0.717) is 26.1 Å². The number of benzene rings is 1. The molecule has 0 radical (unpaired) electrons. The van der Waals surface area contributed by atoms with E-state index < -0.39 is 0 Å². The van der Waals surface area contributed by atoms with E-state index in [1.807, 2.05) is 11.9 Å². The lowest BCUT2D eigenvalue weighted by molar-refractivity contribution is -0.142. The van der Waals surface area contributed by atoms with Gasteiger partial charge in [-0.1, -0.05) is 18.7 Å².